The molecule has 1 fully saturated rings. The quantitative estimate of drug-likeness (QED) is 0.793. The van der Waals surface area contributed by atoms with Crippen molar-refractivity contribution in [2.75, 3.05) is 0 Å². The van der Waals surface area contributed by atoms with Crippen LogP contribution in [-0.4, -0.2) is 19.9 Å². The molecular formula is C11H16N4. The average Bonchev–Trinajstić information content (AvgIpc) is 2.69. The van der Waals surface area contributed by atoms with Crippen molar-refractivity contribution in [1.29, 1.82) is 0 Å². The van der Waals surface area contributed by atoms with Crippen molar-refractivity contribution in [3.8, 4) is 0 Å². The first-order valence-electron chi connectivity index (χ1n) is 5.47. The van der Waals surface area contributed by atoms with E-state index in [4.69, 9.17) is 5.73 Å². The molecule has 1 aliphatic carbocycles. The van der Waals surface area contributed by atoms with Gasteiger partial charge in [0.2, 0.25) is 5.78 Å². The van der Waals surface area contributed by atoms with Crippen molar-refractivity contribution in [2.45, 2.75) is 38.1 Å². The summed E-state index contributed by atoms with van der Waals surface area (Å²) in [6.07, 6.45) is 8.28. The molecule has 1 aliphatic rings. The van der Waals surface area contributed by atoms with Crippen LogP contribution in [0, 0.1) is 6.92 Å². The molecule has 2 aromatic heterocycles. The Morgan fingerprint density at radius 3 is 3.07 bits per heavy atom. The van der Waals surface area contributed by atoms with E-state index in [1.807, 2.05) is 12.4 Å². The van der Waals surface area contributed by atoms with E-state index in [1.54, 1.807) is 0 Å². The van der Waals surface area contributed by atoms with E-state index in [1.165, 1.54) is 24.2 Å². The molecule has 3 rings (SSSR count). The summed E-state index contributed by atoms with van der Waals surface area (Å²) in [6, 6.07) is 0. The van der Waals surface area contributed by atoms with Crippen molar-refractivity contribution >= 4 is 5.78 Å². The van der Waals surface area contributed by atoms with Gasteiger partial charge in [0.25, 0.3) is 0 Å². The summed E-state index contributed by atoms with van der Waals surface area (Å²) in [6.45, 7) is 2.12. The van der Waals surface area contributed by atoms with Crippen LogP contribution in [0.4, 0.5) is 0 Å². The largest absolute Gasteiger partial charge is 0.327 e. The Bertz CT molecular complexity index is 490. The number of nitrogens with one attached hydrogen (secondary N) is 1. The number of aryl methyl sites for hydroxylation is 2. The van der Waals surface area contributed by atoms with Gasteiger partial charge in [-0.2, -0.15) is 0 Å². The molecule has 0 spiro atoms. The summed E-state index contributed by atoms with van der Waals surface area (Å²) in [4.78, 5) is 7.58. The number of aromatic amines is 1. The monoisotopic (exact) mass is 204 g/mol. The molecule has 80 valence electrons. The molecule has 0 aliphatic heterocycles. The molecule has 1 saturated carbocycles. The van der Waals surface area contributed by atoms with Crippen LogP contribution >= 0.6 is 0 Å². The van der Waals surface area contributed by atoms with Gasteiger partial charge in [0.1, 0.15) is 0 Å². The Hall–Kier alpha value is -1.29. The minimum absolute atomic E-state index is 0.139. The summed E-state index contributed by atoms with van der Waals surface area (Å²) >= 11 is 0. The van der Waals surface area contributed by atoms with Crippen molar-refractivity contribution in [1.82, 2.24) is 14.4 Å². The van der Waals surface area contributed by atoms with Gasteiger partial charge in [-0.25, -0.2) is 4.98 Å². The topological polar surface area (TPSA) is 59.1 Å². The third kappa shape index (κ3) is 1.45. The van der Waals surface area contributed by atoms with Crippen LogP contribution in [0.15, 0.2) is 12.4 Å². The van der Waals surface area contributed by atoms with E-state index in [2.05, 4.69) is 21.3 Å². The molecule has 3 N–H and O–H groups in total. The molecule has 15 heavy (non-hydrogen) atoms. The van der Waals surface area contributed by atoms with Gasteiger partial charge in [0.15, 0.2) is 0 Å². The van der Waals surface area contributed by atoms with Gasteiger partial charge in [-0.05, 0) is 32.6 Å². The van der Waals surface area contributed by atoms with Crippen LogP contribution in [0.3, 0.4) is 0 Å². The fourth-order valence-electron chi connectivity index (χ4n) is 2.07. The summed E-state index contributed by atoms with van der Waals surface area (Å²) in [7, 11) is 0. The third-order valence-electron chi connectivity index (χ3n) is 3.47. The second-order valence-corrected chi connectivity index (χ2v) is 4.67. The molecule has 0 bridgehead atoms. The lowest BCUT2D eigenvalue weighted by atomic mass is 10.1. The number of aromatic nitrogens is 3. The predicted octanol–water partition coefficient (Wildman–Crippen LogP) is 1.39. The molecule has 4 nitrogen and oxygen atoms in total. The lowest BCUT2D eigenvalue weighted by Gasteiger charge is -2.06. The number of H-pyrrole nitrogens is 1. The Kier molecular flexibility index (Phi) is 1.71. The van der Waals surface area contributed by atoms with Crippen LogP contribution in [0.2, 0.25) is 0 Å². The summed E-state index contributed by atoms with van der Waals surface area (Å²) < 4.78 is 2.09. The first-order valence-corrected chi connectivity index (χ1v) is 5.47. The van der Waals surface area contributed by atoms with E-state index < -0.39 is 0 Å². The highest BCUT2D eigenvalue weighted by Crippen LogP contribution is 2.36. The van der Waals surface area contributed by atoms with Gasteiger partial charge in [0.05, 0.1) is 0 Å². The molecule has 0 aromatic carbocycles. The van der Waals surface area contributed by atoms with Crippen molar-refractivity contribution in [3.63, 3.8) is 0 Å². The van der Waals surface area contributed by atoms with Gasteiger partial charge < -0.3 is 10.7 Å². The van der Waals surface area contributed by atoms with Gasteiger partial charge in [0, 0.05) is 29.3 Å². The van der Waals surface area contributed by atoms with Gasteiger partial charge >= 0.3 is 0 Å². The predicted molar refractivity (Wildman–Crippen MR) is 58.8 cm³/mol. The lowest BCUT2D eigenvalue weighted by molar-refractivity contribution is 0.603. The highest BCUT2D eigenvalue weighted by atomic mass is 15.1. The van der Waals surface area contributed by atoms with E-state index in [9.17, 15) is 0 Å². The average molecular weight is 204 g/mol. The first kappa shape index (κ1) is 8.97. The van der Waals surface area contributed by atoms with Crippen LogP contribution in [0.5, 0.6) is 0 Å². The minimum atomic E-state index is 0.139. The van der Waals surface area contributed by atoms with Crippen molar-refractivity contribution in [3.05, 3.63) is 23.8 Å². The van der Waals surface area contributed by atoms with Gasteiger partial charge in [-0.15, -0.1) is 0 Å². The summed E-state index contributed by atoms with van der Waals surface area (Å²) in [5.74, 6) is 0.935. The second-order valence-electron chi connectivity index (χ2n) is 4.67. The summed E-state index contributed by atoms with van der Waals surface area (Å²) in [5.41, 5.74) is 8.75. The SMILES string of the molecule is Cc1c(CCC2(N)CC2)[nH]c2nccn12. The number of nitrogens with zero attached hydrogens (tertiary/aromatic N) is 2. The number of hydrogen-bond donors (Lipinski definition) is 2. The number of imidazole rings is 2. The maximum absolute atomic E-state index is 6.08. The van der Waals surface area contributed by atoms with Crippen LogP contribution in [0.1, 0.15) is 30.7 Å². The molecule has 0 amide bonds. The van der Waals surface area contributed by atoms with Gasteiger partial charge in [-0.1, -0.05) is 0 Å². The molecular weight excluding hydrogens is 188 g/mol. The fraction of sp³-hybridized carbons (Fsp3) is 0.545. The van der Waals surface area contributed by atoms with Gasteiger partial charge in [-0.3, -0.25) is 4.40 Å². The molecule has 0 atom stereocenters. The molecule has 0 radical (unpaired) electrons. The number of nitrogens with two attached hydrogens (primary N) is 1. The van der Waals surface area contributed by atoms with E-state index in [0.717, 1.165) is 18.6 Å². The fourth-order valence-corrected chi connectivity index (χ4v) is 2.07. The smallest absolute Gasteiger partial charge is 0.211 e. The molecule has 0 saturated heterocycles. The standard InChI is InChI=1S/C11H16N4/c1-8-9(2-3-11(12)4-5-11)14-10-13-6-7-15(8)10/h6-7H,2-5,12H2,1H3,(H,13,14). The van der Waals surface area contributed by atoms with Crippen LogP contribution in [-0.2, 0) is 6.42 Å². The molecule has 0 unspecified atom stereocenters. The zero-order chi connectivity index (χ0) is 10.5. The van der Waals surface area contributed by atoms with Crippen molar-refractivity contribution < 1.29 is 0 Å². The Morgan fingerprint density at radius 2 is 2.40 bits per heavy atom. The van der Waals surface area contributed by atoms with E-state index in [-0.39, 0.29) is 5.54 Å². The molecule has 2 heterocycles. The van der Waals surface area contributed by atoms with Crippen LogP contribution < -0.4 is 5.73 Å². The van der Waals surface area contributed by atoms with E-state index in [0.29, 0.717) is 0 Å². The summed E-state index contributed by atoms with van der Waals surface area (Å²) in [5, 5.41) is 0. The highest BCUT2D eigenvalue weighted by molar-refractivity contribution is 5.35. The Balaban J connectivity index is 1.84. The third-order valence-corrected chi connectivity index (χ3v) is 3.47. The number of fused-ring (bicyclic) bond motifs is 1. The highest BCUT2D eigenvalue weighted by Gasteiger charge is 2.37. The number of rotatable bonds is 3. The zero-order valence-electron chi connectivity index (χ0n) is 8.95. The second kappa shape index (κ2) is 2.85. The zero-order valence-corrected chi connectivity index (χ0v) is 8.95. The normalized spacial score (nSPS) is 18.5. The maximum Gasteiger partial charge on any atom is 0.211 e. The molecule has 4 heteroatoms. The molecule has 2 aromatic rings. The maximum atomic E-state index is 6.08. The lowest BCUT2D eigenvalue weighted by Crippen LogP contribution is -2.22. The van der Waals surface area contributed by atoms with E-state index >= 15 is 0 Å². The Morgan fingerprint density at radius 1 is 1.60 bits per heavy atom. The Labute approximate surface area is 88.5 Å². The van der Waals surface area contributed by atoms with Crippen molar-refractivity contribution in [2.24, 2.45) is 5.73 Å². The van der Waals surface area contributed by atoms with Crippen LogP contribution in [0.25, 0.3) is 5.78 Å². The minimum Gasteiger partial charge on any atom is -0.327 e. The number of hydrogen-bond acceptors (Lipinski definition) is 2. The first-order chi connectivity index (χ1) is 7.18.